The summed E-state index contributed by atoms with van der Waals surface area (Å²) in [5, 5.41) is 9.70. The number of aliphatic carboxylic acids is 1. The van der Waals surface area contributed by atoms with Gasteiger partial charge in [-0.15, -0.1) is 0 Å². The predicted octanol–water partition coefficient (Wildman–Crippen LogP) is 2.71. The number of carbonyl (C=O) groups is 1. The fraction of sp³-hybridized carbons (Fsp3) is 0.300. The summed E-state index contributed by atoms with van der Waals surface area (Å²) in [5.74, 6) is -1.64. The molecule has 82 valence electrons. The van der Waals surface area contributed by atoms with E-state index >= 15 is 0 Å². The highest BCUT2D eigenvalue weighted by atomic mass is 35.5. The summed E-state index contributed by atoms with van der Waals surface area (Å²) in [4.78, 5) is 10.7. The third kappa shape index (κ3) is 2.84. The Bertz CT molecular complexity index is 382. The van der Waals surface area contributed by atoms with Gasteiger partial charge in [0.15, 0.2) is 0 Å². The molecule has 1 aromatic rings. The monoisotopic (exact) mass is 247 g/mol. The summed E-state index contributed by atoms with van der Waals surface area (Å²) in [7, 11) is 0. The Morgan fingerprint density at radius 1 is 1.47 bits per heavy atom. The first kappa shape index (κ1) is 12.3. The van der Waals surface area contributed by atoms with Crippen LogP contribution in [0.1, 0.15) is 18.5 Å². The van der Waals surface area contributed by atoms with Crippen LogP contribution in [0.2, 0.25) is 10.0 Å². The molecule has 0 aliphatic carbocycles. The molecule has 0 saturated carbocycles. The van der Waals surface area contributed by atoms with Crippen LogP contribution in [0.4, 0.5) is 0 Å². The fourth-order valence-electron chi connectivity index (χ4n) is 1.19. The molecule has 2 atom stereocenters. The molecular weight excluding hydrogens is 237 g/mol. The Morgan fingerprint density at radius 2 is 2.07 bits per heavy atom. The number of halogens is 2. The van der Waals surface area contributed by atoms with Gasteiger partial charge in [-0.2, -0.15) is 0 Å². The fourth-order valence-corrected chi connectivity index (χ4v) is 1.73. The van der Waals surface area contributed by atoms with Gasteiger partial charge in [0.2, 0.25) is 0 Å². The molecular formula is C10H11Cl2NO2. The maximum atomic E-state index is 10.7. The van der Waals surface area contributed by atoms with E-state index in [1.54, 1.807) is 18.2 Å². The molecule has 0 fully saturated rings. The van der Waals surface area contributed by atoms with Gasteiger partial charge in [0.05, 0.1) is 5.92 Å². The van der Waals surface area contributed by atoms with Crippen molar-refractivity contribution >= 4 is 29.2 Å². The van der Waals surface area contributed by atoms with Gasteiger partial charge >= 0.3 is 5.97 Å². The second-order valence-electron chi connectivity index (χ2n) is 3.32. The standard InChI is InChI=1S/C10H11Cl2NO2/c1-5(10(14)15)9(13)7-3-2-6(11)4-8(7)12/h2-5,9H,13H2,1H3,(H,14,15). The molecule has 0 aliphatic heterocycles. The van der Waals surface area contributed by atoms with Crippen LogP contribution in [-0.2, 0) is 4.79 Å². The SMILES string of the molecule is CC(C(=O)O)C(N)c1ccc(Cl)cc1Cl. The maximum Gasteiger partial charge on any atom is 0.308 e. The number of carboxylic acid groups (broad SMARTS) is 1. The molecule has 3 N–H and O–H groups in total. The molecule has 0 amide bonds. The second kappa shape index (κ2) is 4.84. The first-order valence-corrected chi connectivity index (χ1v) is 5.12. The van der Waals surface area contributed by atoms with E-state index in [2.05, 4.69) is 0 Å². The zero-order chi connectivity index (χ0) is 11.6. The van der Waals surface area contributed by atoms with E-state index < -0.39 is 17.9 Å². The van der Waals surface area contributed by atoms with Gasteiger partial charge in [-0.25, -0.2) is 0 Å². The van der Waals surface area contributed by atoms with Crippen molar-refractivity contribution in [2.24, 2.45) is 11.7 Å². The first-order chi connectivity index (χ1) is 6.93. The van der Waals surface area contributed by atoms with Crippen LogP contribution in [0.3, 0.4) is 0 Å². The molecule has 0 heterocycles. The van der Waals surface area contributed by atoms with Crippen LogP contribution >= 0.6 is 23.2 Å². The van der Waals surface area contributed by atoms with Gasteiger partial charge in [-0.1, -0.05) is 36.2 Å². The maximum absolute atomic E-state index is 10.7. The second-order valence-corrected chi connectivity index (χ2v) is 4.16. The third-order valence-corrected chi connectivity index (χ3v) is 2.81. The van der Waals surface area contributed by atoms with E-state index in [4.69, 9.17) is 34.0 Å². The molecule has 1 rings (SSSR count). The molecule has 0 aliphatic rings. The highest BCUT2D eigenvalue weighted by molar-refractivity contribution is 6.35. The van der Waals surface area contributed by atoms with E-state index in [1.165, 1.54) is 6.92 Å². The quantitative estimate of drug-likeness (QED) is 0.864. The number of nitrogens with two attached hydrogens (primary N) is 1. The van der Waals surface area contributed by atoms with E-state index in [-0.39, 0.29) is 0 Å². The molecule has 0 bridgehead atoms. The van der Waals surface area contributed by atoms with E-state index in [1.807, 2.05) is 0 Å². The Morgan fingerprint density at radius 3 is 2.53 bits per heavy atom. The van der Waals surface area contributed by atoms with Crippen LogP contribution in [0.25, 0.3) is 0 Å². The molecule has 15 heavy (non-hydrogen) atoms. The van der Waals surface area contributed by atoms with Crippen LogP contribution in [0.5, 0.6) is 0 Å². The topological polar surface area (TPSA) is 63.3 Å². The van der Waals surface area contributed by atoms with Gasteiger partial charge in [0.1, 0.15) is 0 Å². The Hall–Kier alpha value is -0.770. The molecule has 0 aromatic heterocycles. The minimum absolute atomic E-state index is 0.392. The number of benzene rings is 1. The Kier molecular flexibility index (Phi) is 3.97. The molecule has 1 aromatic carbocycles. The smallest absolute Gasteiger partial charge is 0.308 e. The van der Waals surface area contributed by atoms with Crippen molar-refractivity contribution in [2.45, 2.75) is 13.0 Å². The van der Waals surface area contributed by atoms with Gasteiger partial charge in [-0.3, -0.25) is 4.79 Å². The lowest BCUT2D eigenvalue weighted by molar-refractivity contribution is -0.141. The van der Waals surface area contributed by atoms with E-state index in [9.17, 15) is 4.79 Å². The minimum Gasteiger partial charge on any atom is -0.481 e. The number of rotatable bonds is 3. The minimum atomic E-state index is -0.950. The van der Waals surface area contributed by atoms with Crippen LogP contribution in [-0.4, -0.2) is 11.1 Å². The zero-order valence-corrected chi connectivity index (χ0v) is 9.59. The molecule has 2 unspecified atom stereocenters. The van der Waals surface area contributed by atoms with Crippen LogP contribution in [0.15, 0.2) is 18.2 Å². The molecule has 5 heteroatoms. The summed E-state index contributed by atoms with van der Waals surface area (Å²) in [6, 6.07) is 4.20. The van der Waals surface area contributed by atoms with Crippen molar-refractivity contribution < 1.29 is 9.90 Å². The lowest BCUT2D eigenvalue weighted by atomic mass is 9.95. The molecule has 3 nitrogen and oxygen atoms in total. The lowest BCUT2D eigenvalue weighted by Gasteiger charge is -2.17. The van der Waals surface area contributed by atoms with Gasteiger partial charge < -0.3 is 10.8 Å². The summed E-state index contributed by atoms with van der Waals surface area (Å²) in [6.45, 7) is 1.54. The van der Waals surface area contributed by atoms with Crippen molar-refractivity contribution in [2.75, 3.05) is 0 Å². The Labute approximate surface area is 97.8 Å². The average molecular weight is 248 g/mol. The van der Waals surface area contributed by atoms with Crippen molar-refractivity contribution in [1.82, 2.24) is 0 Å². The van der Waals surface area contributed by atoms with Crippen molar-refractivity contribution in [1.29, 1.82) is 0 Å². The average Bonchev–Trinajstić information content (AvgIpc) is 2.15. The van der Waals surface area contributed by atoms with Crippen molar-refractivity contribution in [3.05, 3.63) is 33.8 Å². The molecule has 0 saturated heterocycles. The first-order valence-electron chi connectivity index (χ1n) is 4.37. The van der Waals surface area contributed by atoms with Crippen molar-refractivity contribution in [3.63, 3.8) is 0 Å². The number of hydrogen-bond donors (Lipinski definition) is 2. The molecule has 0 spiro atoms. The summed E-state index contributed by atoms with van der Waals surface area (Å²) >= 11 is 11.6. The normalized spacial score (nSPS) is 14.7. The van der Waals surface area contributed by atoms with Crippen LogP contribution < -0.4 is 5.73 Å². The summed E-state index contributed by atoms with van der Waals surface area (Å²) in [6.07, 6.45) is 0. The van der Waals surface area contributed by atoms with Gasteiger partial charge in [-0.05, 0) is 17.7 Å². The summed E-state index contributed by atoms with van der Waals surface area (Å²) in [5.41, 5.74) is 6.38. The summed E-state index contributed by atoms with van der Waals surface area (Å²) < 4.78 is 0. The molecule has 0 radical (unpaired) electrons. The highest BCUT2D eigenvalue weighted by Crippen LogP contribution is 2.28. The number of hydrogen-bond acceptors (Lipinski definition) is 2. The largest absolute Gasteiger partial charge is 0.481 e. The third-order valence-electron chi connectivity index (χ3n) is 2.25. The van der Waals surface area contributed by atoms with E-state index in [0.29, 0.717) is 15.6 Å². The van der Waals surface area contributed by atoms with E-state index in [0.717, 1.165) is 0 Å². The van der Waals surface area contributed by atoms with Crippen LogP contribution in [0, 0.1) is 5.92 Å². The van der Waals surface area contributed by atoms with Gasteiger partial charge in [0, 0.05) is 16.1 Å². The van der Waals surface area contributed by atoms with Crippen molar-refractivity contribution in [3.8, 4) is 0 Å². The Balaban J connectivity index is 3.01. The lowest BCUT2D eigenvalue weighted by Crippen LogP contribution is -2.25. The zero-order valence-electron chi connectivity index (χ0n) is 8.08. The van der Waals surface area contributed by atoms with Gasteiger partial charge in [0.25, 0.3) is 0 Å². The number of carboxylic acids is 1. The highest BCUT2D eigenvalue weighted by Gasteiger charge is 2.23. The predicted molar refractivity (Wildman–Crippen MR) is 60.2 cm³/mol.